The summed E-state index contributed by atoms with van der Waals surface area (Å²) in [7, 11) is 2.12. The molecule has 0 fully saturated rings. The van der Waals surface area contributed by atoms with Crippen LogP contribution in [0.2, 0.25) is 0 Å². The Hall–Kier alpha value is -1.23. The van der Waals surface area contributed by atoms with Gasteiger partial charge in [0, 0.05) is 21.1 Å². The first kappa shape index (κ1) is 11.8. The maximum atomic E-state index is 11.4. The molecular weight excluding hydrogens is 212 g/mol. The molecule has 0 spiro atoms. The summed E-state index contributed by atoms with van der Waals surface area (Å²) >= 11 is 0. The Bertz CT molecular complexity index is 440. The molecule has 5 heteroatoms. The number of rotatable bonds is 3. The second kappa shape index (κ2) is 4.10. The van der Waals surface area contributed by atoms with Gasteiger partial charge in [-0.2, -0.15) is 0 Å². The number of nitrogens with zero attached hydrogens (tertiary/aromatic N) is 2. The van der Waals surface area contributed by atoms with E-state index in [9.17, 15) is 8.42 Å². The van der Waals surface area contributed by atoms with Gasteiger partial charge in [-0.15, -0.1) is 0 Å². The zero-order chi connectivity index (χ0) is 11.6. The van der Waals surface area contributed by atoms with Crippen molar-refractivity contribution >= 4 is 21.4 Å². The molecule has 1 rings (SSSR count). The average molecular weight is 228 g/mol. The molecule has 0 unspecified atom stereocenters. The smallest absolute Gasteiger partial charge is 0.232 e. The standard InChI is InChI=1S/C10H16N2O2S/c1-11(2)9-7-5-6-8-10(9)12(3)15(4,13)14/h5-8H,1-4H3. The first-order valence-electron chi connectivity index (χ1n) is 4.54. The van der Waals surface area contributed by atoms with E-state index in [1.54, 1.807) is 13.1 Å². The molecule has 1 aromatic carbocycles. The molecule has 0 N–H and O–H groups in total. The molecule has 4 nitrogen and oxygen atoms in total. The van der Waals surface area contributed by atoms with Crippen LogP contribution in [0.5, 0.6) is 0 Å². The number of para-hydroxylation sites is 2. The van der Waals surface area contributed by atoms with Gasteiger partial charge >= 0.3 is 0 Å². The Morgan fingerprint density at radius 1 is 1.00 bits per heavy atom. The number of anilines is 2. The van der Waals surface area contributed by atoms with Crippen LogP contribution in [0.15, 0.2) is 24.3 Å². The van der Waals surface area contributed by atoms with Gasteiger partial charge in [0.2, 0.25) is 10.0 Å². The molecule has 0 aromatic heterocycles. The summed E-state index contributed by atoms with van der Waals surface area (Å²) in [5.74, 6) is 0. The van der Waals surface area contributed by atoms with Crippen LogP contribution in [0.25, 0.3) is 0 Å². The maximum absolute atomic E-state index is 11.4. The van der Waals surface area contributed by atoms with Crippen LogP contribution in [0.3, 0.4) is 0 Å². The molecule has 0 heterocycles. The van der Waals surface area contributed by atoms with Crippen LogP contribution >= 0.6 is 0 Å². The first-order chi connectivity index (χ1) is 6.84. The Kier molecular flexibility index (Phi) is 3.24. The quantitative estimate of drug-likeness (QED) is 0.779. The SMILES string of the molecule is CN(C)c1ccccc1N(C)S(C)(=O)=O. The van der Waals surface area contributed by atoms with Gasteiger partial charge in [0.05, 0.1) is 17.6 Å². The number of hydrogen-bond donors (Lipinski definition) is 0. The topological polar surface area (TPSA) is 40.6 Å². The fourth-order valence-corrected chi connectivity index (χ4v) is 1.80. The van der Waals surface area contributed by atoms with Gasteiger partial charge in [0.15, 0.2) is 0 Å². The molecule has 0 atom stereocenters. The predicted octanol–water partition coefficient (Wildman–Crippen LogP) is 1.15. The third kappa shape index (κ3) is 2.62. The lowest BCUT2D eigenvalue weighted by Gasteiger charge is -2.23. The normalized spacial score (nSPS) is 11.2. The third-order valence-corrected chi connectivity index (χ3v) is 3.39. The van der Waals surface area contributed by atoms with E-state index in [-0.39, 0.29) is 0 Å². The summed E-state index contributed by atoms with van der Waals surface area (Å²) in [5.41, 5.74) is 1.57. The van der Waals surface area contributed by atoms with Crippen LogP contribution in [0.1, 0.15) is 0 Å². The van der Waals surface area contributed by atoms with Gasteiger partial charge in [0.1, 0.15) is 0 Å². The molecule has 0 saturated heterocycles. The number of hydrogen-bond acceptors (Lipinski definition) is 3. The largest absolute Gasteiger partial charge is 0.376 e. The van der Waals surface area contributed by atoms with Crippen molar-refractivity contribution in [2.45, 2.75) is 0 Å². The van der Waals surface area contributed by atoms with Crippen molar-refractivity contribution < 1.29 is 8.42 Å². The van der Waals surface area contributed by atoms with E-state index in [1.807, 2.05) is 37.2 Å². The van der Waals surface area contributed by atoms with E-state index in [2.05, 4.69) is 0 Å². The zero-order valence-electron chi connectivity index (χ0n) is 9.43. The Labute approximate surface area is 91.2 Å². The summed E-state index contributed by atoms with van der Waals surface area (Å²) in [6.45, 7) is 0. The van der Waals surface area contributed by atoms with E-state index in [0.717, 1.165) is 5.69 Å². The van der Waals surface area contributed by atoms with E-state index >= 15 is 0 Å². The molecule has 1 aromatic rings. The van der Waals surface area contributed by atoms with Crippen LogP contribution in [0, 0.1) is 0 Å². The lowest BCUT2D eigenvalue weighted by atomic mass is 10.2. The van der Waals surface area contributed by atoms with Crippen molar-refractivity contribution in [1.29, 1.82) is 0 Å². The molecular formula is C10H16N2O2S. The predicted molar refractivity (Wildman–Crippen MR) is 64.0 cm³/mol. The number of benzene rings is 1. The van der Waals surface area contributed by atoms with Gasteiger partial charge < -0.3 is 4.90 Å². The van der Waals surface area contributed by atoms with Crippen LogP contribution in [-0.2, 0) is 10.0 Å². The van der Waals surface area contributed by atoms with Gasteiger partial charge in [0.25, 0.3) is 0 Å². The van der Waals surface area contributed by atoms with Crippen molar-refractivity contribution in [1.82, 2.24) is 0 Å². The second-order valence-corrected chi connectivity index (χ2v) is 5.63. The highest BCUT2D eigenvalue weighted by atomic mass is 32.2. The summed E-state index contributed by atoms with van der Waals surface area (Å²) < 4.78 is 24.1. The molecule has 84 valence electrons. The van der Waals surface area contributed by atoms with Crippen LogP contribution in [-0.4, -0.2) is 35.8 Å². The van der Waals surface area contributed by atoms with Crippen LogP contribution in [0.4, 0.5) is 11.4 Å². The van der Waals surface area contributed by atoms with Gasteiger partial charge in [-0.25, -0.2) is 8.42 Å². The van der Waals surface area contributed by atoms with Gasteiger partial charge in [-0.1, -0.05) is 12.1 Å². The highest BCUT2D eigenvalue weighted by Gasteiger charge is 2.15. The molecule has 0 amide bonds. The van der Waals surface area contributed by atoms with Crippen molar-refractivity contribution in [3.05, 3.63) is 24.3 Å². The zero-order valence-corrected chi connectivity index (χ0v) is 10.2. The molecule has 15 heavy (non-hydrogen) atoms. The Balaban J connectivity index is 3.26. The van der Waals surface area contributed by atoms with Crippen molar-refractivity contribution in [2.24, 2.45) is 0 Å². The van der Waals surface area contributed by atoms with E-state index < -0.39 is 10.0 Å². The van der Waals surface area contributed by atoms with E-state index in [0.29, 0.717) is 5.69 Å². The molecule has 0 aliphatic rings. The van der Waals surface area contributed by atoms with Crippen LogP contribution < -0.4 is 9.21 Å². The monoisotopic (exact) mass is 228 g/mol. The average Bonchev–Trinajstić information content (AvgIpc) is 2.15. The Morgan fingerprint density at radius 2 is 1.47 bits per heavy atom. The lowest BCUT2D eigenvalue weighted by molar-refractivity contribution is 0.600. The fourth-order valence-electron chi connectivity index (χ4n) is 1.29. The second-order valence-electron chi connectivity index (χ2n) is 3.61. The molecule has 0 bridgehead atoms. The van der Waals surface area contributed by atoms with Crippen molar-refractivity contribution in [2.75, 3.05) is 36.6 Å². The molecule has 0 saturated carbocycles. The molecule has 0 aliphatic heterocycles. The minimum atomic E-state index is -3.21. The minimum absolute atomic E-state index is 0.685. The summed E-state index contributed by atoms with van der Waals surface area (Å²) in [4.78, 5) is 1.89. The maximum Gasteiger partial charge on any atom is 0.232 e. The number of sulfonamides is 1. The summed E-state index contributed by atoms with van der Waals surface area (Å²) in [5, 5.41) is 0. The van der Waals surface area contributed by atoms with Crippen molar-refractivity contribution in [3.8, 4) is 0 Å². The highest BCUT2D eigenvalue weighted by molar-refractivity contribution is 7.92. The first-order valence-corrected chi connectivity index (χ1v) is 6.39. The fraction of sp³-hybridized carbons (Fsp3) is 0.400. The molecule has 0 radical (unpaired) electrons. The van der Waals surface area contributed by atoms with E-state index in [4.69, 9.17) is 0 Å². The van der Waals surface area contributed by atoms with Crippen molar-refractivity contribution in [3.63, 3.8) is 0 Å². The summed E-state index contributed by atoms with van der Waals surface area (Å²) in [6.07, 6.45) is 1.19. The Morgan fingerprint density at radius 3 is 1.87 bits per heavy atom. The molecule has 0 aliphatic carbocycles. The van der Waals surface area contributed by atoms with E-state index in [1.165, 1.54) is 10.6 Å². The highest BCUT2D eigenvalue weighted by Crippen LogP contribution is 2.27. The van der Waals surface area contributed by atoms with Gasteiger partial charge in [-0.3, -0.25) is 4.31 Å². The lowest BCUT2D eigenvalue weighted by Crippen LogP contribution is -2.26. The van der Waals surface area contributed by atoms with Gasteiger partial charge in [-0.05, 0) is 12.1 Å². The minimum Gasteiger partial charge on any atom is -0.376 e. The summed E-state index contributed by atoms with van der Waals surface area (Å²) in [6, 6.07) is 7.38. The third-order valence-electron chi connectivity index (χ3n) is 2.20.